The van der Waals surface area contributed by atoms with Gasteiger partial charge >= 0.3 is 0 Å². The van der Waals surface area contributed by atoms with E-state index < -0.39 is 0 Å². The van der Waals surface area contributed by atoms with E-state index in [-0.39, 0.29) is 11.8 Å². The Hall–Kier alpha value is -1.88. The number of benzene rings is 2. The van der Waals surface area contributed by atoms with Gasteiger partial charge in [0, 0.05) is 23.7 Å². The quantitative estimate of drug-likeness (QED) is 0.776. The third kappa shape index (κ3) is 3.78. The summed E-state index contributed by atoms with van der Waals surface area (Å²) >= 11 is 6.00. The van der Waals surface area contributed by atoms with Gasteiger partial charge in [0.2, 0.25) is 0 Å². The first-order valence-corrected chi connectivity index (χ1v) is 8.32. The fraction of sp³-hybridized carbons (Fsp3) is 0.316. The van der Waals surface area contributed by atoms with Crippen LogP contribution in [0.3, 0.4) is 0 Å². The number of Topliss-reactive ketones (excluding diaryl/α,β-unsaturated/α-hetero) is 1. The maximum Gasteiger partial charge on any atom is 0.184 e. The number of hydrogen-bond donors (Lipinski definition) is 0. The smallest absolute Gasteiger partial charge is 0.184 e. The number of morpholine rings is 1. The molecule has 0 amide bonds. The van der Waals surface area contributed by atoms with Crippen molar-refractivity contribution < 1.29 is 14.3 Å². The van der Waals surface area contributed by atoms with Crippen LogP contribution in [0.15, 0.2) is 48.5 Å². The number of ketones is 1. The number of methoxy groups -OCH3 is 1. The molecule has 3 rings (SSSR count). The van der Waals surface area contributed by atoms with Crippen LogP contribution in [0.4, 0.5) is 0 Å². The zero-order valence-electron chi connectivity index (χ0n) is 13.6. The summed E-state index contributed by atoms with van der Waals surface area (Å²) in [6.07, 6.45) is 0. The fourth-order valence-corrected chi connectivity index (χ4v) is 3.05. The molecule has 0 bridgehead atoms. The van der Waals surface area contributed by atoms with Gasteiger partial charge in [0.05, 0.1) is 26.4 Å². The Morgan fingerprint density at radius 1 is 1.08 bits per heavy atom. The largest absolute Gasteiger partial charge is 0.497 e. The normalized spacial score (nSPS) is 16.6. The zero-order valence-corrected chi connectivity index (χ0v) is 14.3. The highest BCUT2D eigenvalue weighted by Gasteiger charge is 2.29. The maximum atomic E-state index is 13.2. The van der Waals surface area contributed by atoms with Gasteiger partial charge in [-0.25, -0.2) is 0 Å². The lowest BCUT2D eigenvalue weighted by Crippen LogP contribution is -2.42. The van der Waals surface area contributed by atoms with Gasteiger partial charge in [0.25, 0.3) is 0 Å². The summed E-state index contributed by atoms with van der Waals surface area (Å²) < 4.78 is 10.6. The SMILES string of the molecule is COc1ccc(C(=O)C(c2ccc(Cl)cc2)N2CCOCC2)cc1. The molecule has 0 saturated carbocycles. The van der Waals surface area contributed by atoms with E-state index in [0.717, 1.165) is 24.4 Å². The van der Waals surface area contributed by atoms with E-state index in [9.17, 15) is 4.79 Å². The van der Waals surface area contributed by atoms with E-state index in [1.165, 1.54) is 0 Å². The van der Waals surface area contributed by atoms with Gasteiger partial charge in [-0.1, -0.05) is 23.7 Å². The van der Waals surface area contributed by atoms with Crippen molar-refractivity contribution >= 4 is 17.4 Å². The summed E-state index contributed by atoms with van der Waals surface area (Å²) in [6.45, 7) is 2.74. The third-order valence-electron chi connectivity index (χ3n) is 4.22. The van der Waals surface area contributed by atoms with Crippen molar-refractivity contribution in [2.75, 3.05) is 33.4 Å². The molecule has 1 aliphatic heterocycles. The zero-order chi connectivity index (χ0) is 16.9. The minimum absolute atomic E-state index is 0.0712. The molecule has 1 atom stereocenters. The van der Waals surface area contributed by atoms with Gasteiger partial charge in [-0.2, -0.15) is 0 Å². The Labute approximate surface area is 146 Å². The number of carbonyl (C=O) groups excluding carboxylic acids is 1. The summed E-state index contributed by atoms with van der Waals surface area (Å²) in [5.41, 5.74) is 1.62. The summed E-state index contributed by atoms with van der Waals surface area (Å²) in [6, 6.07) is 14.4. The number of nitrogens with zero attached hydrogens (tertiary/aromatic N) is 1. The average Bonchev–Trinajstić information content (AvgIpc) is 2.64. The van der Waals surface area contributed by atoms with Crippen LogP contribution in [0.25, 0.3) is 0 Å². The Morgan fingerprint density at radius 2 is 1.71 bits per heavy atom. The minimum Gasteiger partial charge on any atom is -0.497 e. The lowest BCUT2D eigenvalue weighted by molar-refractivity contribution is 0.0172. The molecular weight excluding hydrogens is 326 g/mol. The maximum absolute atomic E-state index is 13.2. The van der Waals surface area contributed by atoms with Crippen LogP contribution >= 0.6 is 11.6 Å². The molecule has 1 fully saturated rings. The van der Waals surface area contributed by atoms with Crippen molar-refractivity contribution in [1.29, 1.82) is 0 Å². The number of hydrogen-bond acceptors (Lipinski definition) is 4. The first-order chi connectivity index (χ1) is 11.7. The van der Waals surface area contributed by atoms with Gasteiger partial charge in [0.15, 0.2) is 5.78 Å². The van der Waals surface area contributed by atoms with Crippen molar-refractivity contribution in [2.24, 2.45) is 0 Å². The first-order valence-electron chi connectivity index (χ1n) is 7.94. The Kier molecular flexibility index (Phi) is 5.51. The summed E-state index contributed by atoms with van der Waals surface area (Å²) in [5, 5.41) is 0.663. The number of carbonyl (C=O) groups is 1. The van der Waals surface area contributed by atoms with Crippen molar-refractivity contribution in [3.05, 3.63) is 64.7 Å². The van der Waals surface area contributed by atoms with Crippen molar-refractivity contribution in [3.8, 4) is 5.75 Å². The molecule has 0 spiro atoms. The molecule has 126 valence electrons. The van der Waals surface area contributed by atoms with Gasteiger partial charge in [-0.05, 0) is 42.0 Å². The lowest BCUT2D eigenvalue weighted by atomic mass is 9.95. The summed E-state index contributed by atoms with van der Waals surface area (Å²) in [4.78, 5) is 15.3. The number of halogens is 1. The molecule has 2 aromatic carbocycles. The Balaban J connectivity index is 1.92. The van der Waals surface area contributed by atoms with Gasteiger partial charge in [-0.15, -0.1) is 0 Å². The van der Waals surface area contributed by atoms with Crippen LogP contribution in [0.1, 0.15) is 22.0 Å². The topological polar surface area (TPSA) is 38.8 Å². The molecule has 0 N–H and O–H groups in total. The van der Waals surface area contributed by atoms with Gasteiger partial charge in [0.1, 0.15) is 5.75 Å². The van der Waals surface area contributed by atoms with Gasteiger partial charge < -0.3 is 9.47 Å². The minimum atomic E-state index is -0.334. The van der Waals surface area contributed by atoms with Crippen LogP contribution < -0.4 is 4.74 Å². The second kappa shape index (κ2) is 7.79. The average molecular weight is 346 g/mol. The molecule has 2 aromatic rings. The van der Waals surface area contributed by atoms with E-state index >= 15 is 0 Å². The molecule has 1 unspecified atom stereocenters. The number of ether oxygens (including phenoxy) is 2. The highest BCUT2D eigenvalue weighted by atomic mass is 35.5. The predicted molar refractivity (Wildman–Crippen MR) is 93.9 cm³/mol. The van der Waals surface area contributed by atoms with Crippen molar-refractivity contribution in [1.82, 2.24) is 4.90 Å². The molecule has 1 saturated heterocycles. The monoisotopic (exact) mass is 345 g/mol. The van der Waals surface area contributed by atoms with Crippen LogP contribution in [0.5, 0.6) is 5.75 Å². The van der Waals surface area contributed by atoms with Crippen molar-refractivity contribution in [2.45, 2.75) is 6.04 Å². The van der Waals surface area contributed by atoms with Crippen LogP contribution in [0, 0.1) is 0 Å². The second-order valence-corrected chi connectivity index (χ2v) is 6.13. The summed E-state index contributed by atoms with van der Waals surface area (Å²) in [5.74, 6) is 0.808. The van der Waals surface area contributed by atoms with E-state index in [4.69, 9.17) is 21.1 Å². The Morgan fingerprint density at radius 3 is 2.29 bits per heavy atom. The number of rotatable bonds is 5. The highest BCUT2D eigenvalue weighted by molar-refractivity contribution is 6.30. The summed E-state index contributed by atoms with van der Waals surface area (Å²) in [7, 11) is 1.61. The molecule has 4 nitrogen and oxygen atoms in total. The first kappa shape index (κ1) is 17.0. The second-order valence-electron chi connectivity index (χ2n) is 5.70. The highest BCUT2D eigenvalue weighted by Crippen LogP contribution is 2.28. The molecule has 1 heterocycles. The van der Waals surface area contributed by atoms with Crippen LogP contribution in [0.2, 0.25) is 5.02 Å². The predicted octanol–water partition coefficient (Wildman–Crippen LogP) is 3.60. The van der Waals surface area contributed by atoms with Crippen molar-refractivity contribution in [3.63, 3.8) is 0 Å². The molecular formula is C19H20ClNO3. The Bertz CT molecular complexity index is 679. The molecule has 0 aromatic heterocycles. The van der Waals surface area contributed by atoms with E-state index in [1.54, 1.807) is 7.11 Å². The molecule has 1 aliphatic rings. The van der Waals surface area contributed by atoms with Crippen LogP contribution in [-0.2, 0) is 4.74 Å². The molecule has 24 heavy (non-hydrogen) atoms. The van der Waals surface area contributed by atoms with E-state index in [2.05, 4.69) is 4.90 Å². The molecule has 0 aliphatic carbocycles. The van der Waals surface area contributed by atoms with E-state index in [1.807, 2.05) is 48.5 Å². The lowest BCUT2D eigenvalue weighted by Gasteiger charge is -2.34. The molecule has 5 heteroatoms. The third-order valence-corrected chi connectivity index (χ3v) is 4.47. The van der Waals surface area contributed by atoms with E-state index in [0.29, 0.717) is 23.8 Å². The van der Waals surface area contributed by atoms with Crippen LogP contribution in [-0.4, -0.2) is 44.1 Å². The molecule has 0 radical (unpaired) electrons. The van der Waals surface area contributed by atoms with Gasteiger partial charge in [-0.3, -0.25) is 9.69 Å². The standard InChI is InChI=1S/C19H20ClNO3/c1-23-17-8-4-15(5-9-17)19(22)18(21-10-12-24-13-11-21)14-2-6-16(20)7-3-14/h2-9,18H,10-13H2,1H3. The fourth-order valence-electron chi connectivity index (χ4n) is 2.92.